The molecule has 1 N–H and O–H groups in total. The van der Waals surface area contributed by atoms with E-state index < -0.39 is 0 Å². The van der Waals surface area contributed by atoms with Crippen LogP contribution < -0.4 is 5.56 Å². The van der Waals surface area contributed by atoms with E-state index in [9.17, 15) is 4.79 Å². The maximum Gasteiger partial charge on any atom is 0.251 e. The Labute approximate surface area is 102 Å². The number of aromatic amines is 1. The summed E-state index contributed by atoms with van der Waals surface area (Å²) >= 11 is 1.29. The summed E-state index contributed by atoms with van der Waals surface area (Å²) in [5.41, 5.74) is 1.37. The number of nitrogens with one attached hydrogen (secondary N) is 1. The van der Waals surface area contributed by atoms with E-state index in [0.717, 1.165) is 10.5 Å². The molecule has 0 spiro atoms. The van der Waals surface area contributed by atoms with Gasteiger partial charge in [-0.05, 0) is 18.6 Å². The van der Waals surface area contributed by atoms with Gasteiger partial charge in [0.15, 0.2) is 5.16 Å². The zero-order chi connectivity index (χ0) is 12.3. The molecule has 0 aliphatic rings. The summed E-state index contributed by atoms with van der Waals surface area (Å²) in [4.78, 5) is 18.6. The van der Waals surface area contributed by atoms with Crippen molar-refractivity contribution in [3.63, 3.8) is 0 Å². The van der Waals surface area contributed by atoms with E-state index >= 15 is 0 Å². The highest BCUT2D eigenvalue weighted by molar-refractivity contribution is 7.99. The minimum Gasteiger partial charge on any atom is -0.301 e. The molecule has 1 aromatic carbocycles. The van der Waals surface area contributed by atoms with E-state index in [1.54, 1.807) is 6.07 Å². The molecule has 0 saturated heterocycles. The number of H-pyrrole nitrogens is 1. The Morgan fingerprint density at radius 1 is 1.41 bits per heavy atom. The highest BCUT2D eigenvalue weighted by Crippen LogP contribution is 2.29. The Bertz CT molecular complexity index is 643. The fourth-order valence-electron chi connectivity index (χ4n) is 1.38. The van der Waals surface area contributed by atoms with Crippen LogP contribution in [0.2, 0.25) is 0 Å². The number of aryl methyl sites for hydroxylation is 1. The molecule has 2 aromatic rings. The van der Waals surface area contributed by atoms with Crippen LogP contribution in [0.1, 0.15) is 11.1 Å². The van der Waals surface area contributed by atoms with Gasteiger partial charge in [-0.25, -0.2) is 4.98 Å². The average Bonchev–Trinajstić information content (AvgIpc) is 2.32. The van der Waals surface area contributed by atoms with E-state index in [2.05, 4.69) is 16.0 Å². The van der Waals surface area contributed by atoms with Crippen molar-refractivity contribution in [1.29, 1.82) is 5.26 Å². The second-order valence-corrected chi connectivity index (χ2v) is 4.40. The smallest absolute Gasteiger partial charge is 0.251 e. The molecule has 0 radical (unpaired) electrons. The van der Waals surface area contributed by atoms with Gasteiger partial charge in [0.1, 0.15) is 6.07 Å². The monoisotopic (exact) mass is 243 g/mol. The van der Waals surface area contributed by atoms with Crippen LogP contribution in [0.4, 0.5) is 0 Å². The molecule has 0 aliphatic heterocycles. The van der Waals surface area contributed by atoms with E-state index in [1.807, 2.05) is 19.1 Å². The van der Waals surface area contributed by atoms with Crippen LogP contribution in [0.5, 0.6) is 0 Å². The minimum absolute atomic E-state index is 0.199. The first-order valence-corrected chi connectivity index (χ1v) is 5.75. The molecule has 1 aromatic heterocycles. The summed E-state index contributed by atoms with van der Waals surface area (Å²) in [5.74, 6) is 0. The van der Waals surface area contributed by atoms with Gasteiger partial charge in [0.2, 0.25) is 0 Å². The quantitative estimate of drug-likeness (QED) is 0.820. The zero-order valence-corrected chi connectivity index (χ0v) is 9.91. The molecule has 0 aliphatic carbocycles. The molecular formula is C12H9N3OS. The number of nitrogens with zero attached hydrogens (tertiary/aromatic N) is 2. The molecule has 0 saturated carbocycles. The highest BCUT2D eigenvalue weighted by Gasteiger charge is 2.08. The van der Waals surface area contributed by atoms with Gasteiger partial charge in [-0.1, -0.05) is 23.9 Å². The average molecular weight is 243 g/mol. The van der Waals surface area contributed by atoms with Crippen LogP contribution in [-0.2, 0) is 0 Å². The number of hydrogen-bond donors (Lipinski definition) is 1. The molecule has 0 fully saturated rings. The summed E-state index contributed by atoms with van der Waals surface area (Å²) in [6, 6.07) is 8.98. The summed E-state index contributed by atoms with van der Waals surface area (Å²) < 4.78 is 0. The second-order valence-electron chi connectivity index (χ2n) is 3.40. The Hall–Kier alpha value is -2.06. The van der Waals surface area contributed by atoms with Gasteiger partial charge in [-0.3, -0.25) is 4.79 Å². The summed E-state index contributed by atoms with van der Waals surface area (Å²) in [6.07, 6.45) is 1.45. The summed E-state index contributed by atoms with van der Waals surface area (Å²) in [6.45, 7) is 1.92. The van der Waals surface area contributed by atoms with Gasteiger partial charge in [-0.15, -0.1) is 0 Å². The van der Waals surface area contributed by atoms with Crippen LogP contribution in [0.15, 0.2) is 45.3 Å². The number of benzene rings is 1. The molecule has 0 amide bonds. The standard InChI is InChI=1S/C12H9N3OS/c1-8-3-2-4-9(7-13)11(8)17-12-14-6-5-10(16)15-12/h2-6H,1H3,(H,14,15,16). The van der Waals surface area contributed by atoms with Crippen molar-refractivity contribution >= 4 is 11.8 Å². The topological polar surface area (TPSA) is 69.5 Å². The normalized spacial score (nSPS) is 9.88. The molecule has 2 rings (SSSR count). The predicted octanol–water partition coefficient (Wildman–Crippen LogP) is 2.10. The number of nitriles is 1. The highest BCUT2D eigenvalue weighted by atomic mass is 32.2. The second kappa shape index (κ2) is 4.85. The molecular weight excluding hydrogens is 234 g/mol. The molecule has 1 heterocycles. The minimum atomic E-state index is -0.199. The summed E-state index contributed by atoms with van der Waals surface area (Å²) in [5, 5.41) is 9.51. The fraction of sp³-hybridized carbons (Fsp3) is 0.0833. The van der Waals surface area contributed by atoms with Crippen molar-refractivity contribution in [2.75, 3.05) is 0 Å². The van der Waals surface area contributed by atoms with Crippen molar-refractivity contribution < 1.29 is 0 Å². The lowest BCUT2D eigenvalue weighted by atomic mass is 10.1. The predicted molar refractivity (Wildman–Crippen MR) is 64.9 cm³/mol. The van der Waals surface area contributed by atoms with Crippen LogP contribution in [0, 0.1) is 18.3 Å². The van der Waals surface area contributed by atoms with E-state index in [1.165, 1.54) is 24.0 Å². The van der Waals surface area contributed by atoms with Crippen molar-refractivity contribution in [1.82, 2.24) is 9.97 Å². The van der Waals surface area contributed by atoms with Gasteiger partial charge in [0, 0.05) is 17.2 Å². The van der Waals surface area contributed by atoms with Crippen LogP contribution in [0.25, 0.3) is 0 Å². The Morgan fingerprint density at radius 3 is 2.94 bits per heavy atom. The molecule has 4 nitrogen and oxygen atoms in total. The lowest BCUT2D eigenvalue weighted by Gasteiger charge is -2.05. The van der Waals surface area contributed by atoms with Crippen LogP contribution >= 0.6 is 11.8 Å². The van der Waals surface area contributed by atoms with Crippen molar-refractivity contribution in [2.45, 2.75) is 17.0 Å². The SMILES string of the molecule is Cc1cccc(C#N)c1Sc1nccc(=O)[nH]1. The van der Waals surface area contributed by atoms with E-state index in [4.69, 9.17) is 5.26 Å². The fourth-order valence-corrected chi connectivity index (χ4v) is 2.29. The Kier molecular flexibility index (Phi) is 3.26. The van der Waals surface area contributed by atoms with Crippen LogP contribution in [0.3, 0.4) is 0 Å². The van der Waals surface area contributed by atoms with E-state index in [0.29, 0.717) is 10.7 Å². The lowest BCUT2D eigenvalue weighted by molar-refractivity contribution is 0.935. The van der Waals surface area contributed by atoms with Crippen molar-refractivity contribution in [3.8, 4) is 6.07 Å². The van der Waals surface area contributed by atoms with E-state index in [-0.39, 0.29) is 5.56 Å². The zero-order valence-electron chi connectivity index (χ0n) is 9.10. The third-order valence-corrected chi connectivity index (χ3v) is 3.33. The number of aromatic nitrogens is 2. The first kappa shape index (κ1) is 11.4. The molecule has 0 unspecified atom stereocenters. The molecule has 84 valence electrons. The van der Waals surface area contributed by atoms with Crippen LogP contribution in [-0.4, -0.2) is 9.97 Å². The van der Waals surface area contributed by atoms with Crippen molar-refractivity contribution in [2.24, 2.45) is 0 Å². The lowest BCUT2D eigenvalue weighted by Crippen LogP contribution is -2.05. The first-order valence-electron chi connectivity index (χ1n) is 4.93. The summed E-state index contributed by atoms with van der Waals surface area (Å²) in [7, 11) is 0. The Morgan fingerprint density at radius 2 is 2.24 bits per heavy atom. The van der Waals surface area contributed by atoms with Gasteiger partial charge >= 0.3 is 0 Å². The molecule has 0 atom stereocenters. The maximum atomic E-state index is 11.1. The third-order valence-electron chi connectivity index (χ3n) is 2.18. The third kappa shape index (κ3) is 2.55. The molecule has 17 heavy (non-hydrogen) atoms. The largest absolute Gasteiger partial charge is 0.301 e. The molecule has 0 bridgehead atoms. The van der Waals surface area contributed by atoms with Gasteiger partial charge in [0.05, 0.1) is 5.56 Å². The first-order chi connectivity index (χ1) is 8.20. The van der Waals surface area contributed by atoms with Gasteiger partial charge in [-0.2, -0.15) is 5.26 Å². The van der Waals surface area contributed by atoms with Crippen molar-refractivity contribution in [3.05, 3.63) is 51.9 Å². The Balaban J connectivity index is 2.43. The number of hydrogen-bond acceptors (Lipinski definition) is 4. The van der Waals surface area contributed by atoms with Gasteiger partial charge in [0.25, 0.3) is 5.56 Å². The maximum absolute atomic E-state index is 11.1. The van der Waals surface area contributed by atoms with Gasteiger partial charge < -0.3 is 4.98 Å². The number of rotatable bonds is 2. The molecule has 5 heteroatoms.